The molecule has 3 rings (SSSR count). The van der Waals surface area contributed by atoms with Gasteiger partial charge in [-0.05, 0) is 54.3 Å². The van der Waals surface area contributed by atoms with E-state index in [0.717, 1.165) is 12.3 Å². The van der Waals surface area contributed by atoms with E-state index in [9.17, 15) is 0 Å². The number of aromatic nitrogens is 1. The predicted octanol–water partition coefficient (Wildman–Crippen LogP) is 2.59. The Morgan fingerprint density at radius 1 is 1.25 bits per heavy atom. The summed E-state index contributed by atoms with van der Waals surface area (Å²) in [5.41, 5.74) is 2.55. The van der Waals surface area contributed by atoms with Crippen LogP contribution in [0.15, 0.2) is 30.5 Å². The molecule has 0 unspecified atom stereocenters. The normalized spacial score (nSPS) is 15.8. The van der Waals surface area contributed by atoms with Gasteiger partial charge in [-0.2, -0.15) is 0 Å². The molecule has 1 aromatic heterocycles. The van der Waals surface area contributed by atoms with E-state index < -0.39 is 0 Å². The highest BCUT2D eigenvalue weighted by molar-refractivity contribution is 5.80. The minimum atomic E-state index is 0.230. The Morgan fingerprint density at radius 3 is 2.88 bits per heavy atom. The first-order chi connectivity index (χ1) is 7.86. The van der Waals surface area contributed by atoms with Gasteiger partial charge in [0.25, 0.3) is 0 Å². The second-order valence-corrected chi connectivity index (χ2v) is 4.78. The van der Waals surface area contributed by atoms with Crippen molar-refractivity contribution in [3.63, 3.8) is 0 Å². The molecule has 0 atom stereocenters. The van der Waals surface area contributed by atoms with Gasteiger partial charge < -0.3 is 9.67 Å². The highest BCUT2D eigenvalue weighted by Gasteiger charge is 2.21. The molecule has 1 N–H and O–H groups in total. The topological polar surface area (TPSA) is 25.2 Å². The average Bonchev–Trinajstić information content (AvgIpc) is 3.01. The second-order valence-electron chi connectivity index (χ2n) is 4.78. The van der Waals surface area contributed by atoms with Crippen molar-refractivity contribution in [1.29, 1.82) is 0 Å². The second kappa shape index (κ2) is 3.95. The molecule has 1 aliphatic rings. The maximum Gasteiger partial charge on any atom is 0.0480 e. The summed E-state index contributed by atoms with van der Waals surface area (Å²) in [6.07, 6.45) is 5.72. The van der Waals surface area contributed by atoms with Crippen molar-refractivity contribution in [3.8, 4) is 0 Å². The molecule has 2 heteroatoms. The number of hydrogen-bond acceptors (Lipinski definition) is 1. The lowest BCUT2D eigenvalue weighted by molar-refractivity contribution is 0.299. The molecule has 1 saturated carbocycles. The van der Waals surface area contributed by atoms with Crippen LogP contribution in [-0.4, -0.2) is 16.3 Å². The van der Waals surface area contributed by atoms with E-state index in [0.29, 0.717) is 0 Å². The Bertz CT molecular complexity index is 496. The monoisotopic (exact) mass is 215 g/mol. The third-order valence-corrected chi connectivity index (χ3v) is 3.39. The fourth-order valence-corrected chi connectivity index (χ4v) is 2.27. The fraction of sp³-hybridized carbons (Fsp3) is 0.429. The van der Waals surface area contributed by atoms with Gasteiger partial charge in [0.1, 0.15) is 0 Å². The summed E-state index contributed by atoms with van der Waals surface area (Å²) in [5.74, 6) is 0.910. The quantitative estimate of drug-likeness (QED) is 0.833. The van der Waals surface area contributed by atoms with E-state index >= 15 is 0 Å². The maximum absolute atomic E-state index is 8.92. The molecule has 16 heavy (non-hydrogen) atoms. The van der Waals surface area contributed by atoms with Gasteiger partial charge >= 0.3 is 0 Å². The van der Waals surface area contributed by atoms with E-state index in [1.165, 1.54) is 35.9 Å². The Labute approximate surface area is 95.5 Å². The summed E-state index contributed by atoms with van der Waals surface area (Å²) in [5, 5.41) is 10.2. The SMILES string of the molecule is OCCc1ccc2c(ccn2CC2CC2)c1. The highest BCUT2D eigenvalue weighted by Crippen LogP contribution is 2.32. The van der Waals surface area contributed by atoms with Gasteiger partial charge in [0.2, 0.25) is 0 Å². The van der Waals surface area contributed by atoms with Crippen LogP contribution in [0.5, 0.6) is 0 Å². The molecule has 1 fully saturated rings. The van der Waals surface area contributed by atoms with Gasteiger partial charge in [0.05, 0.1) is 0 Å². The first-order valence-corrected chi connectivity index (χ1v) is 6.05. The van der Waals surface area contributed by atoms with Crippen LogP contribution in [0.3, 0.4) is 0 Å². The molecule has 84 valence electrons. The molecule has 2 aromatic rings. The number of rotatable bonds is 4. The summed E-state index contributed by atoms with van der Waals surface area (Å²) in [6, 6.07) is 8.68. The third-order valence-electron chi connectivity index (χ3n) is 3.39. The number of aliphatic hydroxyl groups is 1. The number of hydrogen-bond donors (Lipinski definition) is 1. The fourth-order valence-electron chi connectivity index (χ4n) is 2.27. The number of benzene rings is 1. The minimum Gasteiger partial charge on any atom is -0.396 e. The minimum absolute atomic E-state index is 0.230. The number of aliphatic hydroxyl groups excluding tert-OH is 1. The van der Waals surface area contributed by atoms with Gasteiger partial charge in [0, 0.05) is 24.9 Å². The average molecular weight is 215 g/mol. The molecular weight excluding hydrogens is 198 g/mol. The Kier molecular flexibility index (Phi) is 2.44. The van der Waals surface area contributed by atoms with Crippen molar-refractivity contribution in [1.82, 2.24) is 4.57 Å². The molecular formula is C14H17NO. The van der Waals surface area contributed by atoms with Crippen LogP contribution in [-0.2, 0) is 13.0 Å². The lowest BCUT2D eigenvalue weighted by Crippen LogP contribution is -1.97. The Hall–Kier alpha value is -1.28. The number of fused-ring (bicyclic) bond motifs is 1. The lowest BCUT2D eigenvalue weighted by Gasteiger charge is -2.04. The van der Waals surface area contributed by atoms with Gasteiger partial charge in [-0.3, -0.25) is 0 Å². The van der Waals surface area contributed by atoms with Crippen LogP contribution < -0.4 is 0 Å². The van der Waals surface area contributed by atoms with Crippen molar-refractivity contribution >= 4 is 10.9 Å². The summed E-state index contributed by atoms with van der Waals surface area (Å²) in [7, 11) is 0. The van der Waals surface area contributed by atoms with Crippen LogP contribution in [0.1, 0.15) is 18.4 Å². The first kappa shape index (κ1) is 9.91. The summed E-state index contributed by atoms with van der Waals surface area (Å²) in [6.45, 7) is 1.40. The van der Waals surface area contributed by atoms with E-state index in [1.54, 1.807) is 0 Å². The van der Waals surface area contributed by atoms with Crippen LogP contribution in [0.2, 0.25) is 0 Å². The zero-order valence-electron chi connectivity index (χ0n) is 9.39. The van der Waals surface area contributed by atoms with E-state index in [4.69, 9.17) is 5.11 Å². The van der Waals surface area contributed by atoms with Gasteiger partial charge in [-0.15, -0.1) is 0 Å². The highest BCUT2D eigenvalue weighted by atomic mass is 16.2. The molecule has 0 radical (unpaired) electrons. The molecule has 0 aliphatic heterocycles. The van der Waals surface area contributed by atoms with Crippen molar-refractivity contribution < 1.29 is 5.11 Å². The largest absolute Gasteiger partial charge is 0.396 e. The molecule has 1 aromatic carbocycles. The molecule has 0 saturated heterocycles. The smallest absolute Gasteiger partial charge is 0.0480 e. The van der Waals surface area contributed by atoms with Crippen molar-refractivity contribution in [3.05, 3.63) is 36.0 Å². The molecule has 0 spiro atoms. The lowest BCUT2D eigenvalue weighted by atomic mass is 10.1. The standard InChI is InChI=1S/C14H17NO/c16-8-6-11-3-4-14-13(9-11)5-7-15(14)10-12-1-2-12/h3-5,7,9,12,16H,1-2,6,8,10H2. The summed E-state index contributed by atoms with van der Waals surface area (Å²) < 4.78 is 2.36. The van der Waals surface area contributed by atoms with Gasteiger partial charge in [0.15, 0.2) is 0 Å². The number of nitrogens with zero attached hydrogens (tertiary/aromatic N) is 1. The zero-order valence-corrected chi connectivity index (χ0v) is 9.39. The van der Waals surface area contributed by atoms with Crippen LogP contribution in [0.4, 0.5) is 0 Å². The van der Waals surface area contributed by atoms with E-state index in [1.807, 2.05) is 0 Å². The molecule has 0 amide bonds. The Balaban J connectivity index is 1.93. The van der Waals surface area contributed by atoms with Crippen LogP contribution in [0, 0.1) is 5.92 Å². The molecule has 2 nitrogen and oxygen atoms in total. The molecule has 1 aliphatic carbocycles. The zero-order chi connectivity index (χ0) is 11.0. The van der Waals surface area contributed by atoms with Gasteiger partial charge in [-0.1, -0.05) is 6.07 Å². The van der Waals surface area contributed by atoms with Crippen LogP contribution >= 0.6 is 0 Å². The summed E-state index contributed by atoms with van der Waals surface area (Å²) in [4.78, 5) is 0. The van der Waals surface area contributed by atoms with Crippen molar-refractivity contribution in [2.75, 3.05) is 6.61 Å². The Morgan fingerprint density at radius 2 is 2.12 bits per heavy atom. The van der Waals surface area contributed by atoms with E-state index in [-0.39, 0.29) is 6.61 Å². The van der Waals surface area contributed by atoms with Gasteiger partial charge in [-0.25, -0.2) is 0 Å². The first-order valence-electron chi connectivity index (χ1n) is 6.05. The third kappa shape index (κ3) is 1.85. The molecule has 1 heterocycles. The van der Waals surface area contributed by atoms with Crippen molar-refractivity contribution in [2.45, 2.75) is 25.8 Å². The summed E-state index contributed by atoms with van der Waals surface area (Å²) >= 11 is 0. The molecule has 0 bridgehead atoms. The maximum atomic E-state index is 8.92. The van der Waals surface area contributed by atoms with E-state index in [2.05, 4.69) is 35.0 Å². The van der Waals surface area contributed by atoms with Crippen LogP contribution in [0.25, 0.3) is 10.9 Å². The predicted molar refractivity (Wildman–Crippen MR) is 65.5 cm³/mol. The van der Waals surface area contributed by atoms with Crippen molar-refractivity contribution in [2.24, 2.45) is 5.92 Å².